The molecule has 134 valence electrons. The molecule has 0 aromatic carbocycles. The molecular formula is C18H19N5O3. The van der Waals surface area contributed by atoms with E-state index in [-0.39, 0.29) is 17.7 Å². The first kappa shape index (κ1) is 16.4. The van der Waals surface area contributed by atoms with Crippen LogP contribution in [-0.4, -0.2) is 57.9 Å². The molecule has 2 saturated heterocycles. The maximum atomic E-state index is 12.6. The fourth-order valence-electron chi connectivity index (χ4n) is 3.71. The van der Waals surface area contributed by atoms with Crippen LogP contribution in [0.15, 0.2) is 43.0 Å². The number of nitrogens with zero attached hydrogens (tertiary/aromatic N) is 4. The van der Waals surface area contributed by atoms with Crippen molar-refractivity contribution in [1.82, 2.24) is 25.2 Å². The molecule has 2 aliphatic rings. The maximum Gasteiger partial charge on any atom is 0.274 e. The Hall–Kier alpha value is -3.03. The molecule has 2 atom stereocenters. The van der Waals surface area contributed by atoms with Crippen molar-refractivity contribution in [3.8, 4) is 5.88 Å². The zero-order valence-electron chi connectivity index (χ0n) is 14.2. The zero-order valence-corrected chi connectivity index (χ0v) is 14.2. The van der Waals surface area contributed by atoms with Crippen LogP contribution in [0.2, 0.25) is 0 Å². The molecule has 0 aliphatic carbocycles. The summed E-state index contributed by atoms with van der Waals surface area (Å²) in [6.07, 6.45) is 6.74. The van der Waals surface area contributed by atoms with Gasteiger partial charge in [-0.2, -0.15) is 0 Å². The van der Waals surface area contributed by atoms with Gasteiger partial charge < -0.3 is 15.0 Å². The summed E-state index contributed by atoms with van der Waals surface area (Å²) in [5, 5.41) is 2.93. The van der Waals surface area contributed by atoms with Crippen LogP contribution >= 0.6 is 0 Å². The van der Waals surface area contributed by atoms with Crippen molar-refractivity contribution in [2.45, 2.75) is 6.42 Å². The van der Waals surface area contributed by atoms with Gasteiger partial charge in [-0.15, -0.1) is 0 Å². The molecule has 1 spiro atoms. The van der Waals surface area contributed by atoms with Gasteiger partial charge in [-0.25, -0.2) is 9.97 Å². The van der Waals surface area contributed by atoms with Gasteiger partial charge in [0.25, 0.3) is 5.91 Å². The number of amides is 2. The van der Waals surface area contributed by atoms with Crippen LogP contribution in [0.5, 0.6) is 5.88 Å². The first-order chi connectivity index (χ1) is 12.7. The molecule has 4 heterocycles. The van der Waals surface area contributed by atoms with Crippen LogP contribution in [0.3, 0.4) is 0 Å². The van der Waals surface area contributed by atoms with Crippen LogP contribution in [0.25, 0.3) is 0 Å². The summed E-state index contributed by atoms with van der Waals surface area (Å²) in [6, 6.07) is 5.46. The predicted molar refractivity (Wildman–Crippen MR) is 91.2 cm³/mol. The smallest absolute Gasteiger partial charge is 0.274 e. The van der Waals surface area contributed by atoms with Crippen molar-refractivity contribution < 1.29 is 14.3 Å². The van der Waals surface area contributed by atoms with Crippen LogP contribution < -0.4 is 10.1 Å². The average molecular weight is 353 g/mol. The highest BCUT2D eigenvalue weighted by atomic mass is 16.5. The largest absolute Gasteiger partial charge is 0.477 e. The number of rotatable bonds is 4. The lowest BCUT2D eigenvalue weighted by atomic mass is 9.77. The van der Waals surface area contributed by atoms with E-state index in [4.69, 9.17) is 4.74 Å². The number of hydrogen-bond acceptors (Lipinski definition) is 6. The van der Waals surface area contributed by atoms with Crippen LogP contribution in [0.1, 0.15) is 16.9 Å². The summed E-state index contributed by atoms with van der Waals surface area (Å²) in [6.45, 7) is 1.80. The van der Waals surface area contributed by atoms with E-state index in [0.717, 1.165) is 0 Å². The lowest BCUT2D eigenvalue weighted by Crippen LogP contribution is -2.41. The molecule has 2 aliphatic heterocycles. The van der Waals surface area contributed by atoms with Gasteiger partial charge in [0.1, 0.15) is 5.69 Å². The van der Waals surface area contributed by atoms with E-state index in [9.17, 15) is 9.59 Å². The lowest BCUT2D eigenvalue weighted by molar-refractivity contribution is -0.128. The number of ether oxygens (including phenoxy) is 1. The van der Waals surface area contributed by atoms with E-state index < -0.39 is 5.41 Å². The minimum Gasteiger partial charge on any atom is -0.477 e. The first-order valence-electron chi connectivity index (χ1n) is 8.56. The number of likely N-dealkylation sites (tertiary alicyclic amines) is 1. The summed E-state index contributed by atoms with van der Waals surface area (Å²) >= 11 is 0. The average Bonchev–Trinajstić information content (AvgIpc) is 3.27. The highest BCUT2D eigenvalue weighted by molar-refractivity contribution is 5.94. The van der Waals surface area contributed by atoms with Crippen LogP contribution in [0.4, 0.5) is 0 Å². The van der Waals surface area contributed by atoms with Crippen molar-refractivity contribution in [3.63, 3.8) is 0 Å². The Kier molecular flexibility index (Phi) is 4.24. The Balaban J connectivity index is 1.47. The Bertz CT molecular complexity index is 801. The summed E-state index contributed by atoms with van der Waals surface area (Å²) < 4.78 is 5.78. The minimum absolute atomic E-state index is 0.0124. The minimum atomic E-state index is -0.618. The normalized spacial score (nSPS) is 24.7. The molecule has 26 heavy (non-hydrogen) atoms. The van der Waals surface area contributed by atoms with Crippen LogP contribution in [0, 0.1) is 11.3 Å². The second-order valence-electron chi connectivity index (χ2n) is 6.61. The van der Waals surface area contributed by atoms with E-state index >= 15 is 0 Å². The highest BCUT2D eigenvalue weighted by Crippen LogP contribution is 2.42. The van der Waals surface area contributed by atoms with Crippen molar-refractivity contribution in [2.24, 2.45) is 11.3 Å². The number of carbonyl (C=O) groups is 2. The second-order valence-corrected chi connectivity index (χ2v) is 6.61. The third kappa shape index (κ3) is 2.87. The molecule has 2 fully saturated rings. The molecule has 0 radical (unpaired) electrons. The lowest BCUT2D eigenvalue weighted by Gasteiger charge is -2.27. The fourth-order valence-corrected chi connectivity index (χ4v) is 3.71. The molecule has 8 heteroatoms. The van der Waals surface area contributed by atoms with E-state index in [2.05, 4.69) is 20.3 Å². The Morgan fingerprint density at radius 2 is 2.23 bits per heavy atom. The summed E-state index contributed by atoms with van der Waals surface area (Å²) in [5.41, 5.74) is -0.323. The second kappa shape index (κ2) is 6.70. The molecule has 2 aromatic rings. The van der Waals surface area contributed by atoms with Crippen molar-refractivity contribution in [3.05, 3.63) is 48.7 Å². The van der Waals surface area contributed by atoms with E-state index in [0.29, 0.717) is 44.2 Å². The standard InChI is InChI=1S/C18H19N5O3/c24-16(14-10-19-6-7-20-14)23-8-4-18(12-23)13(9-22-17(18)25)11-26-15-3-1-2-5-21-15/h1-3,5-7,10,13H,4,8-9,11-12H2,(H,22,25)/t13-,18-/m1/s1. The SMILES string of the molecule is O=C(c1cnccn1)N1CC[C@]2(C1)C(=O)NC[C@@H]2COc1ccccn1. The predicted octanol–water partition coefficient (Wildman–Crippen LogP) is 0.529. The van der Waals surface area contributed by atoms with Gasteiger partial charge in [-0.3, -0.25) is 14.6 Å². The Morgan fingerprint density at radius 3 is 3.00 bits per heavy atom. The van der Waals surface area contributed by atoms with Gasteiger partial charge in [0.2, 0.25) is 11.8 Å². The molecule has 0 unspecified atom stereocenters. The molecule has 8 nitrogen and oxygen atoms in total. The van der Waals surface area contributed by atoms with Crippen molar-refractivity contribution >= 4 is 11.8 Å². The summed E-state index contributed by atoms with van der Waals surface area (Å²) in [4.78, 5) is 39.0. The molecular weight excluding hydrogens is 334 g/mol. The Labute approximate surface area is 150 Å². The fraction of sp³-hybridized carbons (Fsp3) is 0.389. The molecule has 0 saturated carbocycles. The molecule has 2 amide bonds. The molecule has 2 aromatic heterocycles. The highest BCUT2D eigenvalue weighted by Gasteiger charge is 2.55. The summed E-state index contributed by atoms with van der Waals surface area (Å²) in [5.74, 6) is 0.310. The van der Waals surface area contributed by atoms with Crippen molar-refractivity contribution in [1.29, 1.82) is 0 Å². The number of pyridine rings is 1. The number of aromatic nitrogens is 3. The van der Waals surface area contributed by atoms with Crippen molar-refractivity contribution in [2.75, 3.05) is 26.2 Å². The Morgan fingerprint density at radius 1 is 1.31 bits per heavy atom. The van der Waals surface area contributed by atoms with Gasteiger partial charge in [0.05, 0.1) is 18.2 Å². The molecule has 4 rings (SSSR count). The van der Waals surface area contributed by atoms with Gasteiger partial charge in [-0.1, -0.05) is 6.07 Å². The molecule has 0 bridgehead atoms. The topological polar surface area (TPSA) is 97.3 Å². The number of hydrogen-bond donors (Lipinski definition) is 1. The quantitative estimate of drug-likeness (QED) is 0.861. The third-order valence-electron chi connectivity index (χ3n) is 5.18. The van der Waals surface area contributed by atoms with Crippen LogP contribution in [-0.2, 0) is 4.79 Å². The van der Waals surface area contributed by atoms with E-state index in [1.54, 1.807) is 17.2 Å². The zero-order chi connectivity index (χ0) is 18.0. The first-order valence-corrected chi connectivity index (χ1v) is 8.56. The maximum absolute atomic E-state index is 12.6. The third-order valence-corrected chi connectivity index (χ3v) is 5.18. The number of carbonyl (C=O) groups excluding carboxylic acids is 2. The summed E-state index contributed by atoms with van der Waals surface area (Å²) in [7, 11) is 0. The number of nitrogens with one attached hydrogen (secondary N) is 1. The molecule has 1 N–H and O–H groups in total. The van der Waals surface area contributed by atoms with Gasteiger partial charge in [0, 0.05) is 50.2 Å². The van der Waals surface area contributed by atoms with Gasteiger partial charge >= 0.3 is 0 Å². The van der Waals surface area contributed by atoms with E-state index in [1.165, 1.54) is 18.6 Å². The van der Waals surface area contributed by atoms with Gasteiger partial charge in [0.15, 0.2) is 0 Å². The van der Waals surface area contributed by atoms with Gasteiger partial charge in [-0.05, 0) is 12.5 Å². The van der Waals surface area contributed by atoms with E-state index in [1.807, 2.05) is 12.1 Å². The monoisotopic (exact) mass is 353 g/mol.